The average Bonchev–Trinajstić information content (AvgIpc) is 2.71. The second-order valence-electron chi connectivity index (χ2n) is 3.67. The second kappa shape index (κ2) is 4.81. The van der Waals surface area contributed by atoms with E-state index in [0.717, 1.165) is 0 Å². The predicted molar refractivity (Wildman–Crippen MR) is 61.1 cm³/mol. The molecule has 90 valence electrons. The molecule has 0 aliphatic heterocycles. The van der Waals surface area contributed by atoms with Crippen LogP contribution in [0.5, 0.6) is 0 Å². The highest BCUT2D eigenvalue weighted by molar-refractivity contribution is 6.30. The lowest BCUT2D eigenvalue weighted by molar-refractivity contribution is 0.162. The van der Waals surface area contributed by atoms with Crippen molar-refractivity contribution in [2.45, 2.75) is 12.5 Å². The Kier molecular flexibility index (Phi) is 3.40. The number of halogens is 2. The molecular weight excluding hydrogens is 245 g/mol. The lowest BCUT2D eigenvalue weighted by Crippen LogP contribution is -2.10. The van der Waals surface area contributed by atoms with Crippen molar-refractivity contribution < 1.29 is 9.50 Å². The third kappa shape index (κ3) is 2.45. The minimum atomic E-state index is -0.907. The van der Waals surface area contributed by atoms with Crippen LogP contribution in [0.25, 0.3) is 0 Å². The van der Waals surface area contributed by atoms with Crippen molar-refractivity contribution in [3.05, 3.63) is 46.8 Å². The maximum absolute atomic E-state index is 13.6. The molecule has 0 fully saturated rings. The van der Waals surface area contributed by atoms with Gasteiger partial charge in [-0.15, -0.1) is 0 Å². The molecule has 6 heteroatoms. The van der Waals surface area contributed by atoms with E-state index in [1.165, 1.54) is 17.1 Å². The standard InChI is InChI=1S/C11H11ClFN3O/c1-16-11(14-6-15-16)9(17)5-7-3-2-4-8(12)10(7)13/h2-4,6,9,17H,5H2,1H3. The first-order valence-electron chi connectivity index (χ1n) is 5.04. The van der Waals surface area contributed by atoms with Crippen LogP contribution in [-0.2, 0) is 13.5 Å². The molecule has 2 rings (SSSR count). The number of rotatable bonds is 3. The lowest BCUT2D eigenvalue weighted by Gasteiger charge is -2.10. The Labute approximate surface area is 103 Å². The number of nitrogens with zero attached hydrogens (tertiary/aromatic N) is 3. The van der Waals surface area contributed by atoms with E-state index in [0.29, 0.717) is 11.4 Å². The zero-order valence-corrected chi connectivity index (χ0v) is 9.89. The van der Waals surface area contributed by atoms with E-state index in [9.17, 15) is 9.50 Å². The van der Waals surface area contributed by atoms with Gasteiger partial charge in [0.2, 0.25) is 0 Å². The number of hydrogen-bond acceptors (Lipinski definition) is 3. The molecule has 0 amide bonds. The van der Waals surface area contributed by atoms with Crippen LogP contribution in [0.1, 0.15) is 17.5 Å². The maximum atomic E-state index is 13.6. The van der Waals surface area contributed by atoms with E-state index < -0.39 is 11.9 Å². The molecule has 0 aliphatic carbocycles. The van der Waals surface area contributed by atoms with E-state index in [2.05, 4.69) is 10.1 Å². The number of aliphatic hydroxyl groups excluding tert-OH is 1. The molecule has 1 atom stereocenters. The van der Waals surface area contributed by atoms with Gasteiger partial charge in [-0.1, -0.05) is 23.7 Å². The summed E-state index contributed by atoms with van der Waals surface area (Å²) in [6, 6.07) is 4.69. The van der Waals surface area contributed by atoms with E-state index in [4.69, 9.17) is 11.6 Å². The second-order valence-corrected chi connectivity index (χ2v) is 4.08. The van der Waals surface area contributed by atoms with Gasteiger partial charge in [0.05, 0.1) is 5.02 Å². The molecule has 0 saturated heterocycles. The molecule has 1 N–H and O–H groups in total. The Morgan fingerprint density at radius 2 is 2.29 bits per heavy atom. The van der Waals surface area contributed by atoms with Crippen LogP contribution in [-0.4, -0.2) is 19.9 Å². The van der Waals surface area contributed by atoms with E-state index in [-0.39, 0.29) is 11.4 Å². The van der Waals surface area contributed by atoms with Crippen molar-refractivity contribution in [3.8, 4) is 0 Å². The topological polar surface area (TPSA) is 50.9 Å². The zero-order valence-electron chi connectivity index (χ0n) is 9.14. The summed E-state index contributed by atoms with van der Waals surface area (Å²) in [6.07, 6.45) is 0.543. The molecule has 0 saturated carbocycles. The van der Waals surface area contributed by atoms with Crippen LogP contribution in [0.4, 0.5) is 4.39 Å². The minimum absolute atomic E-state index is 0.0488. The fourth-order valence-corrected chi connectivity index (χ4v) is 1.81. The first kappa shape index (κ1) is 12.0. The van der Waals surface area contributed by atoms with Gasteiger partial charge in [-0.05, 0) is 11.6 Å². The molecule has 4 nitrogen and oxygen atoms in total. The summed E-state index contributed by atoms with van der Waals surface area (Å²) in [7, 11) is 1.67. The molecular formula is C11H11ClFN3O. The van der Waals surface area contributed by atoms with Crippen molar-refractivity contribution in [1.82, 2.24) is 14.8 Å². The van der Waals surface area contributed by atoms with Crippen LogP contribution >= 0.6 is 11.6 Å². The minimum Gasteiger partial charge on any atom is -0.385 e. The monoisotopic (exact) mass is 255 g/mol. The van der Waals surface area contributed by atoms with E-state index in [1.807, 2.05) is 0 Å². The van der Waals surface area contributed by atoms with Crippen LogP contribution in [0.15, 0.2) is 24.5 Å². The number of hydrogen-bond donors (Lipinski definition) is 1. The first-order valence-corrected chi connectivity index (χ1v) is 5.42. The quantitative estimate of drug-likeness (QED) is 0.911. The van der Waals surface area contributed by atoms with Gasteiger partial charge in [0.25, 0.3) is 0 Å². The highest BCUT2D eigenvalue weighted by atomic mass is 35.5. The Morgan fingerprint density at radius 3 is 2.94 bits per heavy atom. The molecule has 1 aromatic heterocycles. The molecule has 1 aromatic carbocycles. The van der Waals surface area contributed by atoms with Gasteiger partial charge in [-0.3, -0.25) is 4.68 Å². The van der Waals surface area contributed by atoms with Crippen LogP contribution in [0.2, 0.25) is 5.02 Å². The smallest absolute Gasteiger partial charge is 0.155 e. The molecule has 1 unspecified atom stereocenters. The third-order valence-electron chi connectivity index (χ3n) is 2.49. The summed E-state index contributed by atoms with van der Waals surface area (Å²) >= 11 is 5.66. The van der Waals surface area contributed by atoms with Gasteiger partial charge < -0.3 is 5.11 Å². The Hall–Kier alpha value is -1.46. The Bertz CT molecular complexity index is 529. The Balaban J connectivity index is 2.22. The normalized spacial score (nSPS) is 12.7. The van der Waals surface area contributed by atoms with Crippen LogP contribution < -0.4 is 0 Å². The SMILES string of the molecule is Cn1ncnc1C(O)Cc1cccc(Cl)c1F. The summed E-state index contributed by atoms with van der Waals surface area (Å²) in [5, 5.41) is 13.8. The number of aliphatic hydroxyl groups is 1. The van der Waals surface area contributed by atoms with Crippen molar-refractivity contribution >= 4 is 11.6 Å². The number of aromatic nitrogens is 3. The predicted octanol–water partition coefficient (Wildman–Crippen LogP) is 1.88. The average molecular weight is 256 g/mol. The molecule has 17 heavy (non-hydrogen) atoms. The van der Waals surface area contributed by atoms with Crippen molar-refractivity contribution in [2.75, 3.05) is 0 Å². The van der Waals surface area contributed by atoms with E-state index >= 15 is 0 Å². The van der Waals surface area contributed by atoms with Gasteiger partial charge in [0.1, 0.15) is 18.2 Å². The fourth-order valence-electron chi connectivity index (χ4n) is 1.61. The summed E-state index contributed by atoms with van der Waals surface area (Å²) in [5.41, 5.74) is 0.355. The summed E-state index contributed by atoms with van der Waals surface area (Å²) in [6.45, 7) is 0. The summed E-state index contributed by atoms with van der Waals surface area (Å²) in [4.78, 5) is 3.91. The van der Waals surface area contributed by atoms with Gasteiger partial charge in [0.15, 0.2) is 5.82 Å². The first-order chi connectivity index (χ1) is 8.09. The van der Waals surface area contributed by atoms with Crippen molar-refractivity contribution in [2.24, 2.45) is 7.05 Å². The summed E-state index contributed by atoms with van der Waals surface area (Å²) < 4.78 is 15.1. The van der Waals surface area contributed by atoms with Gasteiger partial charge in [-0.2, -0.15) is 5.10 Å². The van der Waals surface area contributed by atoms with E-state index in [1.54, 1.807) is 19.2 Å². The summed E-state index contributed by atoms with van der Waals surface area (Å²) in [5.74, 6) is -0.111. The molecule has 0 aliphatic rings. The molecule has 0 bridgehead atoms. The van der Waals surface area contributed by atoms with Crippen LogP contribution in [0, 0.1) is 5.82 Å². The van der Waals surface area contributed by atoms with Gasteiger partial charge in [-0.25, -0.2) is 9.37 Å². The Morgan fingerprint density at radius 1 is 1.53 bits per heavy atom. The molecule has 0 radical (unpaired) electrons. The number of aryl methyl sites for hydroxylation is 1. The zero-order chi connectivity index (χ0) is 12.4. The highest BCUT2D eigenvalue weighted by Crippen LogP contribution is 2.22. The van der Waals surface area contributed by atoms with Gasteiger partial charge >= 0.3 is 0 Å². The fraction of sp³-hybridized carbons (Fsp3) is 0.273. The lowest BCUT2D eigenvalue weighted by atomic mass is 10.1. The highest BCUT2D eigenvalue weighted by Gasteiger charge is 2.16. The van der Waals surface area contributed by atoms with Crippen molar-refractivity contribution in [3.63, 3.8) is 0 Å². The van der Waals surface area contributed by atoms with Gasteiger partial charge in [0, 0.05) is 13.5 Å². The third-order valence-corrected chi connectivity index (χ3v) is 2.78. The molecule has 2 aromatic rings. The molecule has 0 spiro atoms. The molecule has 1 heterocycles. The maximum Gasteiger partial charge on any atom is 0.155 e. The van der Waals surface area contributed by atoms with Crippen molar-refractivity contribution in [1.29, 1.82) is 0 Å². The largest absolute Gasteiger partial charge is 0.385 e. The van der Waals surface area contributed by atoms with Crippen LogP contribution in [0.3, 0.4) is 0 Å². The number of benzene rings is 1.